The number of carboxylic acids is 1. The van der Waals surface area contributed by atoms with Crippen molar-refractivity contribution in [3.8, 4) is 5.75 Å². The topological polar surface area (TPSA) is 59.4 Å². The standard InChI is InChI=1S/C21H22ClNO3S/c22-18-10-13(16-11-17(16)21(24)25)8-9-19(18)26-12-14-4-3-7-20(23-14)27-15-5-1-2-6-15/h3-4,7-10,15-17H,1-2,5-6,11-12H2,(H,24,25). The summed E-state index contributed by atoms with van der Waals surface area (Å²) in [5, 5.41) is 11.3. The SMILES string of the molecule is O=C(O)C1CC1c1ccc(OCc2cccc(SC3CCCC3)n2)c(Cl)c1. The molecule has 1 aromatic carbocycles. The number of thioether (sulfide) groups is 1. The number of carbonyl (C=O) groups is 1. The van der Waals surface area contributed by atoms with Gasteiger partial charge in [0.05, 0.1) is 21.7 Å². The van der Waals surface area contributed by atoms with Crippen molar-refractivity contribution in [3.05, 3.63) is 52.7 Å². The number of ether oxygens (including phenoxy) is 1. The van der Waals surface area contributed by atoms with Crippen molar-refractivity contribution < 1.29 is 14.6 Å². The van der Waals surface area contributed by atoms with Crippen molar-refractivity contribution in [2.24, 2.45) is 5.92 Å². The van der Waals surface area contributed by atoms with Crippen LogP contribution < -0.4 is 4.74 Å². The average molecular weight is 404 g/mol. The van der Waals surface area contributed by atoms with Gasteiger partial charge in [0.1, 0.15) is 12.4 Å². The summed E-state index contributed by atoms with van der Waals surface area (Å²) in [4.78, 5) is 15.7. The van der Waals surface area contributed by atoms with Crippen LogP contribution in [0.3, 0.4) is 0 Å². The van der Waals surface area contributed by atoms with Crippen molar-refractivity contribution in [3.63, 3.8) is 0 Å². The fourth-order valence-electron chi connectivity index (χ4n) is 3.63. The van der Waals surface area contributed by atoms with Gasteiger partial charge in [-0.15, -0.1) is 11.8 Å². The van der Waals surface area contributed by atoms with Crippen LogP contribution in [-0.2, 0) is 11.4 Å². The summed E-state index contributed by atoms with van der Waals surface area (Å²) in [5.74, 6) is -0.348. The summed E-state index contributed by atoms with van der Waals surface area (Å²) in [6.07, 6.45) is 5.88. The van der Waals surface area contributed by atoms with Crippen molar-refractivity contribution in [2.75, 3.05) is 0 Å². The summed E-state index contributed by atoms with van der Waals surface area (Å²) in [5.41, 5.74) is 1.85. The highest BCUT2D eigenvalue weighted by Gasteiger charge is 2.44. The van der Waals surface area contributed by atoms with E-state index in [1.165, 1.54) is 25.7 Å². The summed E-state index contributed by atoms with van der Waals surface area (Å²) in [6.45, 7) is 0.360. The maximum atomic E-state index is 11.0. The molecular weight excluding hydrogens is 382 g/mol. The molecule has 142 valence electrons. The molecule has 2 saturated carbocycles. The van der Waals surface area contributed by atoms with E-state index in [9.17, 15) is 4.79 Å². The quantitative estimate of drug-likeness (QED) is 0.657. The lowest BCUT2D eigenvalue weighted by Crippen LogP contribution is -2.01. The number of hydrogen-bond donors (Lipinski definition) is 1. The zero-order valence-corrected chi connectivity index (χ0v) is 16.5. The summed E-state index contributed by atoms with van der Waals surface area (Å²) < 4.78 is 5.86. The number of pyridine rings is 1. The van der Waals surface area contributed by atoms with E-state index in [1.807, 2.05) is 42.1 Å². The predicted octanol–water partition coefficient (Wildman–Crippen LogP) is 5.54. The lowest BCUT2D eigenvalue weighted by molar-refractivity contribution is -0.138. The maximum absolute atomic E-state index is 11.0. The Balaban J connectivity index is 1.36. The number of halogens is 1. The first-order chi connectivity index (χ1) is 13.1. The van der Waals surface area contributed by atoms with Crippen LogP contribution >= 0.6 is 23.4 Å². The van der Waals surface area contributed by atoms with E-state index in [4.69, 9.17) is 26.4 Å². The lowest BCUT2D eigenvalue weighted by Gasteiger charge is -2.11. The van der Waals surface area contributed by atoms with Gasteiger partial charge in [-0.1, -0.05) is 36.6 Å². The first kappa shape index (κ1) is 18.6. The average Bonchev–Trinajstić information content (AvgIpc) is 3.31. The second kappa shape index (κ2) is 8.11. The van der Waals surface area contributed by atoms with Gasteiger partial charge in [-0.05, 0) is 55.0 Å². The van der Waals surface area contributed by atoms with Crippen LogP contribution in [0.4, 0.5) is 0 Å². The smallest absolute Gasteiger partial charge is 0.307 e. The molecule has 6 heteroatoms. The minimum atomic E-state index is -0.738. The van der Waals surface area contributed by atoms with E-state index in [1.54, 1.807) is 0 Å². The molecule has 2 aromatic rings. The van der Waals surface area contributed by atoms with E-state index < -0.39 is 5.97 Å². The third-order valence-corrected chi connectivity index (χ3v) is 6.81. The molecule has 0 aliphatic heterocycles. The van der Waals surface area contributed by atoms with Gasteiger partial charge < -0.3 is 9.84 Å². The Kier molecular flexibility index (Phi) is 5.60. The first-order valence-corrected chi connectivity index (χ1v) is 10.6. The highest BCUT2D eigenvalue weighted by atomic mass is 35.5. The van der Waals surface area contributed by atoms with Gasteiger partial charge in [0, 0.05) is 5.25 Å². The number of carboxylic acid groups (broad SMARTS) is 1. The Labute approximate surface area is 168 Å². The fourth-order valence-corrected chi connectivity index (χ4v) is 5.11. The molecule has 1 aromatic heterocycles. The van der Waals surface area contributed by atoms with Crippen molar-refractivity contribution >= 4 is 29.3 Å². The third kappa shape index (κ3) is 4.58. The molecule has 1 N–H and O–H groups in total. The van der Waals surface area contributed by atoms with Crippen LogP contribution in [0.15, 0.2) is 41.4 Å². The number of nitrogens with zero attached hydrogens (tertiary/aromatic N) is 1. The first-order valence-electron chi connectivity index (χ1n) is 9.38. The van der Waals surface area contributed by atoms with Crippen LogP contribution in [0.2, 0.25) is 5.02 Å². The highest BCUT2D eigenvalue weighted by molar-refractivity contribution is 7.99. The van der Waals surface area contributed by atoms with Crippen LogP contribution in [0.5, 0.6) is 5.75 Å². The van der Waals surface area contributed by atoms with E-state index in [2.05, 4.69) is 6.07 Å². The lowest BCUT2D eigenvalue weighted by atomic mass is 10.1. The number of aromatic nitrogens is 1. The molecule has 4 rings (SSSR count). The summed E-state index contributed by atoms with van der Waals surface area (Å²) >= 11 is 8.21. The predicted molar refractivity (Wildman–Crippen MR) is 107 cm³/mol. The molecule has 27 heavy (non-hydrogen) atoms. The number of aliphatic carboxylic acids is 1. The Morgan fingerprint density at radius 1 is 1.26 bits per heavy atom. The molecular formula is C21H22ClNO3S. The van der Waals surface area contributed by atoms with Gasteiger partial charge in [-0.2, -0.15) is 0 Å². The van der Waals surface area contributed by atoms with E-state index in [0.29, 0.717) is 29.0 Å². The molecule has 0 radical (unpaired) electrons. The Morgan fingerprint density at radius 3 is 2.78 bits per heavy atom. The monoisotopic (exact) mass is 403 g/mol. The van der Waals surface area contributed by atoms with E-state index in [0.717, 1.165) is 16.3 Å². The highest BCUT2D eigenvalue weighted by Crippen LogP contribution is 2.48. The molecule has 4 nitrogen and oxygen atoms in total. The molecule has 0 spiro atoms. The van der Waals surface area contributed by atoms with Crippen LogP contribution in [0.25, 0.3) is 0 Å². The zero-order valence-electron chi connectivity index (χ0n) is 14.9. The molecule has 2 aliphatic rings. The van der Waals surface area contributed by atoms with Crippen LogP contribution in [0.1, 0.15) is 49.3 Å². The second-order valence-electron chi connectivity index (χ2n) is 7.26. The normalized spacial score (nSPS) is 22.0. The zero-order chi connectivity index (χ0) is 18.8. The molecule has 0 bridgehead atoms. The molecule has 0 saturated heterocycles. The van der Waals surface area contributed by atoms with Crippen molar-refractivity contribution in [1.29, 1.82) is 0 Å². The van der Waals surface area contributed by atoms with E-state index in [-0.39, 0.29) is 11.8 Å². The molecule has 1 heterocycles. The molecule has 2 unspecified atom stereocenters. The number of benzene rings is 1. The fraction of sp³-hybridized carbons (Fsp3) is 0.429. The Morgan fingerprint density at radius 2 is 2.07 bits per heavy atom. The maximum Gasteiger partial charge on any atom is 0.307 e. The van der Waals surface area contributed by atoms with Crippen LogP contribution in [0, 0.1) is 5.92 Å². The summed E-state index contributed by atoms with van der Waals surface area (Å²) in [7, 11) is 0. The van der Waals surface area contributed by atoms with Gasteiger partial charge in [0.25, 0.3) is 0 Å². The second-order valence-corrected chi connectivity index (χ2v) is 8.98. The van der Waals surface area contributed by atoms with Gasteiger partial charge in [0.15, 0.2) is 0 Å². The third-order valence-electron chi connectivity index (χ3n) is 5.24. The largest absolute Gasteiger partial charge is 0.486 e. The molecule has 2 atom stereocenters. The molecule has 2 fully saturated rings. The number of hydrogen-bond acceptors (Lipinski definition) is 4. The van der Waals surface area contributed by atoms with Crippen molar-refractivity contribution in [2.45, 2.75) is 54.9 Å². The summed E-state index contributed by atoms with van der Waals surface area (Å²) in [6, 6.07) is 11.6. The minimum Gasteiger partial charge on any atom is -0.486 e. The van der Waals surface area contributed by atoms with Gasteiger partial charge in [-0.25, -0.2) is 4.98 Å². The Hall–Kier alpha value is -1.72. The number of rotatable bonds is 7. The minimum absolute atomic E-state index is 0.0695. The van der Waals surface area contributed by atoms with Gasteiger partial charge in [-0.3, -0.25) is 4.79 Å². The molecule has 2 aliphatic carbocycles. The molecule has 0 amide bonds. The van der Waals surface area contributed by atoms with Crippen LogP contribution in [-0.4, -0.2) is 21.3 Å². The van der Waals surface area contributed by atoms with Gasteiger partial charge >= 0.3 is 5.97 Å². The van der Waals surface area contributed by atoms with Gasteiger partial charge in [0.2, 0.25) is 0 Å². The van der Waals surface area contributed by atoms with E-state index >= 15 is 0 Å². The Bertz CT molecular complexity index is 838. The van der Waals surface area contributed by atoms with Crippen molar-refractivity contribution in [1.82, 2.24) is 4.98 Å².